The van der Waals surface area contributed by atoms with Gasteiger partial charge in [0.05, 0.1) is 10.7 Å². The second kappa shape index (κ2) is 8.73. The van der Waals surface area contributed by atoms with Crippen molar-refractivity contribution in [2.24, 2.45) is 5.92 Å². The number of aliphatic carboxylic acids is 2. The van der Waals surface area contributed by atoms with Crippen LogP contribution < -0.4 is 5.32 Å². The summed E-state index contributed by atoms with van der Waals surface area (Å²) >= 11 is 1.38. The number of hydrogen-bond acceptors (Lipinski definition) is 5. The van der Waals surface area contributed by atoms with Gasteiger partial charge in [0.1, 0.15) is 12.1 Å². The molecule has 1 aromatic carbocycles. The third-order valence-corrected chi connectivity index (χ3v) is 4.58. The van der Waals surface area contributed by atoms with Crippen molar-refractivity contribution in [3.63, 3.8) is 0 Å². The minimum atomic E-state index is -1.08. The maximum absolute atomic E-state index is 11.5. The quantitative estimate of drug-likeness (QED) is 0.634. The topological polar surface area (TPSA) is 99.5 Å². The van der Waals surface area contributed by atoms with E-state index in [-0.39, 0.29) is 12.3 Å². The van der Waals surface area contributed by atoms with Crippen LogP contribution in [0.2, 0.25) is 0 Å². The molecule has 2 aromatic rings. The van der Waals surface area contributed by atoms with Crippen LogP contribution in [-0.2, 0) is 16.0 Å². The van der Waals surface area contributed by atoms with E-state index >= 15 is 0 Å². The SMILES string of the molecule is CC(C)C[C@H](N[C@@H](Cc1nc(-c2ccccc2)cs1)C(=O)O)C(=O)O. The Bertz CT molecular complexity index is 715. The molecule has 7 heteroatoms. The van der Waals surface area contributed by atoms with Gasteiger partial charge in [0, 0.05) is 17.4 Å². The number of thiazole rings is 1. The molecular weight excluding hydrogens is 340 g/mol. The standard InChI is InChI=1S/C18H22N2O4S/c1-11(2)8-13(17(21)22)19-14(18(23)24)9-16-20-15(10-25-16)12-6-4-3-5-7-12/h3-7,10-11,13-14,19H,8-9H2,1-2H3,(H,21,22)(H,23,24)/t13-,14-/m0/s1. The Labute approximate surface area is 150 Å². The molecule has 0 aliphatic rings. The van der Waals surface area contributed by atoms with E-state index in [1.807, 2.05) is 49.6 Å². The fourth-order valence-corrected chi connectivity index (χ4v) is 3.34. The van der Waals surface area contributed by atoms with Gasteiger partial charge in [0.25, 0.3) is 0 Å². The zero-order chi connectivity index (χ0) is 18.4. The van der Waals surface area contributed by atoms with Crippen LogP contribution in [0.5, 0.6) is 0 Å². The van der Waals surface area contributed by atoms with Crippen LogP contribution in [0.4, 0.5) is 0 Å². The Hall–Kier alpha value is -2.25. The average molecular weight is 362 g/mol. The molecule has 0 radical (unpaired) electrons. The first-order chi connectivity index (χ1) is 11.9. The minimum Gasteiger partial charge on any atom is -0.480 e. The third-order valence-electron chi connectivity index (χ3n) is 3.71. The molecule has 0 aliphatic heterocycles. The summed E-state index contributed by atoms with van der Waals surface area (Å²) < 4.78 is 0. The maximum Gasteiger partial charge on any atom is 0.321 e. The van der Waals surface area contributed by atoms with Crippen LogP contribution in [0.3, 0.4) is 0 Å². The Morgan fingerprint density at radius 3 is 2.32 bits per heavy atom. The highest BCUT2D eigenvalue weighted by atomic mass is 32.1. The predicted molar refractivity (Wildman–Crippen MR) is 96.7 cm³/mol. The summed E-state index contributed by atoms with van der Waals surface area (Å²) in [5.41, 5.74) is 1.76. The van der Waals surface area contributed by atoms with E-state index in [9.17, 15) is 19.8 Å². The summed E-state index contributed by atoms with van der Waals surface area (Å²) in [6.45, 7) is 3.81. The Morgan fingerprint density at radius 1 is 1.12 bits per heavy atom. The molecule has 0 unspecified atom stereocenters. The lowest BCUT2D eigenvalue weighted by Gasteiger charge is -2.21. The van der Waals surface area contributed by atoms with Gasteiger partial charge in [-0.1, -0.05) is 44.2 Å². The second-order valence-corrected chi connectivity index (χ2v) is 7.22. The van der Waals surface area contributed by atoms with Crippen LogP contribution in [-0.4, -0.2) is 39.2 Å². The summed E-state index contributed by atoms with van der Waals surface area (Å²) in [4.78, 5) is 27.4. The van der Waals surface area contributed by atoms with E-state index in [0.29, 0.717) is 11.4 Å². The number of rotatable bonds is 9. The predicted octanol–water partition coefficient (Wildman–Crippen LogP) is 2.89. The summed E-state index contributed by atoms with van der Waals surface area (Å²) in [5, 5.41) is 24.0. The first-order valence-corrected chi connectivity index (χ1v) is 8.96. The molecule has 0 fully saturated rings. The van der Waals surface area contributed by atoms with Crippen molar-refractivity contribution in [1.29, 1.82) is 0 Å². The fraction of sp³-hybridized carbons (Fsp3) is 0.389. The smallest absolute Gasteiger partial charge is 0.321 e. The summed E-state index contributed by atoms with van der Waals surface area (Å²) in [7, 11) is 0. The van der Waals surface area contributed by atoms with E-state index in [4.69, 9.17) is 0 Å². The highest BCUT2D eigenvalue weighted by molar-refractivity contribution is 7.10. The summed E-state index contributed by atoms with van der Waals surface area (Å²) in [6, 6.07) is 7.74. The molecule has 25 heavy (non-hydrogen) atoms. The number of carbonyl (C=O) groups is 2. The van der Waals surface area contributed by atoms with Crippen molar-refractivity contribution in [2.75, 3.05) is 0 Å². The number of aromatic nitrogens is 1. The monoisotopic (exact) mass is 362 g/mol. The van der Waals surface area contributed by atoms with E-state index in [1.165, 1.54) is 11.3 Å². The first-order valence-electron chi connectivity index (χ1n) is 8.08. The van der Waals surface area contributed by atoms with Gasteiger partial charge in [-0.25, -0.2) is 4.98 Å². The van der Waals surface area contributed by atoms with Crippen LogP contribution >= 0.6 is 11.3 Å². The van der Waals surface area contributed by atoms with Gasteiger partial charge in [0.15, 0.2) is 0 Å². The van der Waals surface area contributed by atoms with E-state index in [1.54, 1.807) is 0 Å². The molecule has 3 N–H and O–H groups in total. The molecule has 0 spiro atoms. The molecule has 0 saturated heterocycles. The summed E-state index contributed by atoms with van der Waals surface area (Å²) in [5.74, 6) is -1.97. The summed E-state index contributed by atoms with van der Waals surface area (Å²) in [6.07, 6.45) is 0.515. The number of carboxylic acid groups (broad SMARTS) is 2. The van der Waals surface area contributed by atoms with E-state index < -0.39 is 24.0 Å². The van der Waals surface area contributed by atoms with E-state index in [2.05, 4.69) is 10.3 Å². The first kappa shape index (κ1) is 19.1. The minimum absolute atomic E-state index is 0.146. The van der Waals surface area contributed by atoms with Gasteiger partial charge >= 0.3 is 11.9 Å². The number of hydrogen-bond donors (Lipinski definition) is 3. The molecule has 2 rings (SSSR count). The lowest BCUT2D eigenvalue weighted by Crippen LogP contribution is -2.48. The molecule has 0 saturated carbocycles. The lowest BCUT2D eigenvalue weighted by molar-refractivity contribution is -0.142. The molecule has 6 nitrogen and oxygen atoms in total. The zero-order valence-electron chi connectivity index (χ0n) is 14.2. The highest BCUT2D eigenvalue weighted by Crippen LogP contribution is 2.22. The van der Waals surface area contributed by atoms with Gasteiger partial charge in [-0.3, -0.25) is 14.9 Å². The molecule has 0 amide bonds. The van der Waals surface area contributed by atoms with E-state index in [0.717, 1.165) is 11.3 Å². The fourth-order valence-electron chi connectivity index (χ4n) is 2.49. The van der Waals surface area contributed by atoms with Crippen LogP contribution in [0.1, 0.15) is 25.3 Å². The van der Waals surface area contributed by atoms with Crippen LogP contribution in [0.15, 0.2) is 35.7 Å². The largest absolute Gasteiger partial charge is 0.480 e. The van der Waals surface area contributed by atoms with Gasteiger partial charge in [-0.2, -0.15) is 0 Å². The maximum atomic E-state index is 11.5. The van der Waals surface area contributed by atoms with Crippen molar-refractivity contribution < 1.29 is 19.8 Å². The second-order valence-electron chi connectivity index (χ2n) is 6.27. The molecule has 0 bridgehead atoms. The molecule has 0 aliphatic carbocycles. The average Bonchev–Trinajstić information content (AvgIpc) is 3.02. The van der Waals surface area contributed by atoms with Gasteiger partial charge < -0.3 is 10.2 Å². The Balaban J connectivity index is 2.10. The van der Waals surface area contributed by atoms with Crippen molar-refractivity contribution >= 4 is 23.3 Å². The normalized spacial score (nSPS) is 13.6. The zero-order valence-corrected chi connectivity index (χ0v) is 15.0. The van der Waals surface area contributed by atoms with Crippen molar-refractivity contribution in [3.8, 4) is 11.3 Å². The Kier molecular flexibility index (Phi) is 6.66. The molecular formula is C18H22N2O4S. The number of carboxylic acids is 2. The molecule has 1 aromatic heterocycles. The van der Waals surface area contributed by atoms with Crippen molar-refractivity contribution in [3.05, 3.63) is 40.7 Å². The number of benzene rings is 1. The van der Waals surface area contributed by atoms with Crippen molar-refractivity contribution in [2.45, 2.75) is 38.8 Å². The van der Waals surface area contributed by atoms with Crippen molar-refractivity contribution in [1.82, 2.24) is 10.3 Å². The number of nitrogens with zero attached hydrogens (tertiary/aromatic N) is 1. The highest BCUT2D eigenvalue weighted by Gasteiger charge is 2.27. The third kappa shape index (κ3) is 5.65. The molecule has 1 heterocycles. The lowest BCUT2D eigenvalue weighted by atomic mass is 10.0. The van der Waals surface area contributed by atoms with Gasteiger partial charge in [-0.15, -0.1) is 11.3 Å². The number of nitrogens with one attached hydrogen (secondary N) is 1. The van der Waals surface area contributed by atoms with Crippen LogP contribution in [0, 0.1) is 5.92 Å². The molecule has 134 valence electrons. The van der Waals surface area contributed by atoms with Gasteiger partial charge in [0.2, 0.25) is 0 Å². The molecule has 2 atom stereocenters. The van der Waals surface area contributed by atoms with Crippen LogP contribution in [0.25, 0.3) is 11.3 Å². The van der Waals surface area contributed by atoms with Gasteiger partial charge in [-0.05, 0) is 12.3 Å². The Morgan fingerprint density at radius 2 is 1.76 bits per heavy atom.